The van der Waals surface area contributed by atoms with Crippen molar-refractivity contribution in [3.8, 4) is 0 Å². The van der Waals surface area contributed by atoms with Gasteiger partial charge in [-0.1, -0.05) is 47.6 Å². The molecule has 0 aliphatic carbocycles. The summed E-state index contributed by atoms with van der Waals surface area (Å²) in [5.41, 5.74) is 7.91. The molecule has 0 atom stereocenters. The topological polar surface area (TPSA) is 67.5 Å². The lowest BCUT2D eigenvalue weighted by molar-refractivity contribution is 0.249. The van der Waals surface area contributed by atoms with Crippen LogP contribution in [0.1, 0.15) is 5.56 Å². The standard InChI is InChI=1S/C14H12ClN3OS/c15-12-3-1-2-4-13(12)20-11-7-5-10(6-8-11)9-17-18-14(16)19/h1-9H,(H3,16,18,19). The summed E-state index contributed by atoms with van der Waals surface area (Å²) in [5, 5.41) is 4.42. The van der Waals surface area contributed by atoms with Crippen LogP contribution in [0, 0.1) is 0 Å². The molecule has 0 aliphatic heterocycles. The van der Waals surface area contributed by atoms with Crippen molar-refractivity contribution in [2.75, 3.05) is 0 Å². The van der Waals surface area contributed by atoms with Crippen LogP contribution in [-0.2, 0) is 0 Å². The summed E-state index contributed by atoms with van der Waals surface area (Å²) in [6, 6.07) is 14.7. The van der Waals surface area contributed by atoms with Gasteiger partial charge in [-0.2, -0.15) is 5.10 Å². The van der Waals surface area contributed by atoms with Gasteiger partial charge in [0.2, 0.25) is 0 Å². The van der Waals surface area contributed by atoms with Crippen molar-refractivity contribution in [1.82, 2.24) is 5.43 Å². The Hall–Kier alpha value is -1.98. The van der Waals surface area contributed by atoms with Crippen LogP contribution in [0.15, 0.2) is 63.4 Å². The van der Waals surface area contributed by atoms with E-state index in [-0.39, 0.29) is 0 Å². The number of carbonyl (C=O) groups excluding carboxylic acids is 1. The average Bonchev–Trinajstić information content (AvgIpc) is 2.43. The second-order valence-electron chi connectivity index (χ2n) is 3.84. The first kappa shape index (κ1) is 14.4. The van der Waals surface area contributed by atoms with Crippen LogP contribution in [0.5, 0.6) is 0 Å². The molecule has 0 fully saturated rings. The molecule has 4 nitrogen and oxygen atoms in total. The molecule has 2 aromatic carbocycles. The molecule has 2 aromatic rings. The van der Waals surface area contributed by atoms with E-state index in [4.69, 9.17) is 17.3 Å². The van der Waals surface area contributed by atoms with Gasteiger partial charge in [-0.25, -0.2) is 10.2 Å². The van der Waals surface area contributed by atoms with E-state index in [9.17, 15) is 4.79 Å². The lowest BCUT2D eigenvalue weighted by Gasteiger charge is -2.04. The van der Waals surface area contributed by atoms with Crippen LogP contribution >= 0.6 is 23.4 Å². The fraction of sp³-hybridized carbons (Fsp3) is 0. The third kappa shape index (κ3) is 4.29. The Kier molecular flexibility index (Phi) is 5.03. The Morgan fingerprint density at radius 1 is 1.20 bits per heavy atom. The molecule has 0 radical (unpaired) electrons. The van der Waals surface area contributed by atoms with Crippen molar-refractivity contribution < 1.29 is 4.79 Å². The second kappa shape index (κ2) is 6.98. The van der Waals surface area contributed by atoms with Crippen LogP contribution in [0.2, 0.25) is 5.02 Å². The number of carbonyl (C=O) groups is 1. The largest absolute Gasteiger partial charge is 0.350 e. The van der Waals surface area contributed by atoms with E-state index in [1.165, 1.54) is 6.21 Å². The summed E-state index contributed by atoms with van der Waals surface area (Å²) >= 11 is 7.70. The third-order valence-electron chi connectivity index (χ3n) is 2.33. The SMILES string of the molecule is NC(=O)NN=Cc1ccc(Sc2ccccc2Cl)cc1. The predicted molar refractivity (Wildman–Crippen MR) is 82.3 cm³/mol. The highest BCUT2D eigenvalue weighted by Crippen LogP contribution is 2.32. The summed E-state index contributed by atoms with van der Waals surface area (Å²) in [6.45, 7) is 0. The van der Waals surface area contributed by atoms with Gasteiger partial charge in [0.15, 0.2) is 0 Å². The number of hydrazone groups is 1. The number of primary amides is 1. The Balaban J connectivity index is 2.03. The monoisotopic (exact) mass is 305 g/mol. The van der Waals surface area contributed by atoms with E-state index in [1.807, 2.05) is 48.5 Å². The molecular formula is C14H12ClN3OS. The molecule has 0 saturated carbocycles. The van der Waals surface area contributed by atoms with Gasteiger partial charge < -0.3 is 5.73 Å². The highest BCUT2D eigenvalue weighted by atomic mass is 35.5. The second-order valence-corrected chi connectivity index (χ2v) is 5.36. The predicted octanol–water partition coefficient (Wildman–Crippen LogP) is 3.49. The number of amides is 2. The molecule has 20 heavy (non-hydrogen) atoms. The molecule has 0 aliphatic rings. The summed E-state index contributed by atoms with van der Waals surface area (Å²) in [6.07, 6.45) is 1.52. The minimum absolute atomic E-state index is 0.688. The fourth-order valence-electron chi connectivity index (χ4n) is 1.45. The van der Waals surface area contributed by atoms with E-state index in [0.717, 1.165) is 20.4 Å². The highest BCUT2D eigenvalue weighted by Gasteiger charge is 2.01. The van der Waals surface area contributed by atoms with E-state index in [0.29, 0.717) is 0 Å². The average molecular weight is 306 g/mol. The van der Waals surface area contributed by atoms with Crippen molar-refractivity contribution in [1.29, 1.82) is 0 Å². The van der Waals surface area contributed by atoms with Gasteiger partial charge in [0.1, 0.15) is 0 Å². The third-order valence-corrected chi connectivity index (χ3v) is 3.86. The van der Waals surface area contributed by atoms with Crippen LogP contribution in [0.3, 0.4) is 0 Å². The molecule has 2 rings (SSSR count). The van der Waals surface area contributed by atoms with Crippen molar-refractivity contribution in [2.24, 2.45) is 10.8 Å². The number of benzene rings is 2. The van der Waals surface area contributed by atoms with Crippen LogP contribution in [0.25, 0.3) is 0 Å². The van der Waals surface area contributed by atoms with Crippen LogP contribution < -0.4 is 11.2 Å². The van der Waals surface area contributed by atoms with Gasteiger partial charge in [-0.3, -0.25) is 0 Å². The zero-order valence-electron chi connectivity index (χ0n) is 10.4. The molecule has 0 bridgehead atoms. The Labute approximate surface area is 126 Å². The van der Waals surface area contributed by atoms with E-state index >= 15 is 0 Å². The fourth-order valence-corrected chi connectivity index (χ4v) is 2.54. The first-order valence-corrected chi connectivity index (χ1v) is 6.95. The van der Waals surface area contributed by atoms with Gasteiger partial charge in [0.05, 0.1) is 11.2 Å². The molecule has 2 amide bonds. The van der Waals surface area contributed by atoms with Crippen LogP contribution in [0.4, 0.5) is 4.79 Å². The molecule has 6 heteroatoms. The number of hydrogen-bond donors (Lipinski definition) is 2. The molecular weight excluding hydrogens is 294 g/mol. The molecule has 0 saturated heterocycles. The number of urea groups is 1. The number of halogens is 1. The highest BCUT2D eigenvalue weighted by molar-refractivity contribution is 7.99. The summed E-state index contributed by atoms with van der Waals surface area (Å²) < 4.78 is 0. The maximum Gasteiger partial charge on any atom is 0.332 e. The maximum atomic E-state index is 10.5. The van der Waals surface area contributed by atoms with Crippen LogP contribution in [-0.4, -0.2) is 12.2 Å². The molecule has 0 heterocycles. The van der Waals surface area contributed by atoms with Crippen molar-refractivity contribution in [3.63, 3.8) is 0 Å². The number of nitrogens with two attached hydrogens (primary N) is 1. The van der Waals surface area contributed by atoms with Crippen molar-refractivity contribution in [3.05, 3.63) is 59.1 Å². The zero-order valence-corrected chi connectivity index (χ0v) is 12.0. The number of rotatable bonds is 4. The molecule has 0 unspecified atom stereocenters. The molecule has 102 valence electrons. The molecule has 3 N–H and O–H groups in total. The van der Waals surface area contributed by atoms with Crippen molar-refractivity contribution >= 4 is 35.6 Å². The lowest BCUT2D eigenvalue weighted by atomic mass is 10.2. The van der Waals surface area contributed by atoms with Gasteiger partial charge in [0.25, 0.3) is 0 Å². The Bertz CT molecular complexity index is 629. The Morgan fingerprint density at radius 2 is 1.90 bits per heavy atom. The lowest BCUT2D eigenvalue weighted by Crippen LogP contribution is -2.24. The van der Waals surface area contributed by atoms with Gasteiger partial charge in [-0.05, 0) is 29.8 Å². The smallest absolute Gasteiger partial charge is 0.332 e. The zero-order chi connectivity index (χ0) is 14.4. The summed E-state index contributed by atoms with van der Waals surface area (Å²) in [7, 11) is 0. The van der Waals surface area contributed by atoms with Crippen molar-refractivity contribution in [2.45, 2.75) is 9.79 Å². The number of hydrogen-bond acceptors (Lipinski definition) is 3. The quantitative estimate of drug-likeness (QED) is 0.670. The number of nitrogens with one attached hydrogen (secondary N) is 1. The summed E-state index contributed by atoms with van der Waals surface area (Å²) in [5.74, 6) is 0. The normalized spacial score (nSPS) is 10.7. The molecule has 0 spiro atoms. The van der Waals surface area contributed by atoms with E-state index < -0.39 is 6.03 Å². The van der Waals surface area contributed by atoms with Gasteiger partial charge >= 0.3 is 6.03 Å². The minimum Gasteiger partial charge on any atom is -0.350 e. The van der Waals surface area contributed by atoms with E-state index in [1.54, 1.807) is 11.8 Å². The minimum atomic E-state index is -0.688. The maximum absolute atomic E-state index is 10.5. The first-order valence-electron chi connectivity index (χ1n) is 5.76. The van der Waals surface area contributed by atoms with Gasteiger partial charge in [-0.15, -0.1) is 0 Å². The number of nitrogens with zero attached hydrogens (tertiary/aromatic N) is 1. The summed E-state index contributed by atoms with van der Waals surface area (Å²) in [4.78, 5) is 12.5. The molecule has 0 aromatic heterocycles. The van der Waals surface area contributed by atoms with Gasteiger partial charge in [0, 0.05) is 9.79 Å². The first-order chi connectivity index (χ1) is 9.65. The van der Waals surface area contributed by atoms with E-state index in [2.05, 4.69) is 10.5 Å². The Morgan fingerprint density at radius 3 is 2.55 bits per heavy atom.